The van der Waals surface area contributed by atoms with E-state index in [4.69, 9.17) is 9.47 Å². The molecule has 1 saturated heterocycles. The van der Waals surface area contributed by atoms with Gasteiger partial charge < -0.3 is 14.4 Å². The molecule has 3 nitrogen and oxygen atoms in total. The first-order chi connectivity index (χ1) is 20.5. The molecule has 1 fully saturated rings. The molecule has 3 unspecified atom stereocenters. The van der Waals surface area contributed by atoms with Crippen LogP contribution in [0.1, 0.15) is 101 Å². The number of piperidine rings is 1. The quantitative estimate of drug-likeness (QED) is 0.197. The highest BCUT2D eigenvalue weighted by Gasteiger charge is 2.30. The molecule has 0 N–H and O–H groups in total. The molecule has 43 heavy (non-hydrogen) atoms. The number of hydrogen-bond acceptors (Lipinski definition) is 3. The molecule has 0 radical (unpaired) electrons. The van der Waals surface area contributed by atoms with E-state index in [-0.39, 0.29) is 23.5 Å². The SMILES string of the molecule is CC(COc1cc(F)cc(C(C)C)c1)CC1CC(c2ccc(CCOc3ccc(F)c(C(C)C)c3)cc2)CN(C(C)C)C1. The average molecular weight is 592 g/mol. The third-order valence-electron chi connectivity index (χ3n) is 8.83. The summed E-state index contributed by atoms with van der Waals surface area (Å²) in [5.41, 5.74) is 4.30. The first-order valence-electron chi connectivity index (χ1n) is 16.2. The van der Waals surface area contributed by atoms with Crippen molar-refractivity contribution in [1.29, 1.82) is 0 Å². The van der Waals surface area contributed by atoms with Gasteiger partial charge in [-0.3, -0.25) is 0 Å². The topological polar surface area (TPSA) is 21.7 Å². The van der Waals surface area contributed by atoms with Crippen molar-refractivity contribution in [2.45, 2.75) is 91.5 Å². The normalized spacial score (nSPS) is 18.4. The van der Waals surface area contributed by atoms with E-state index in [1.807, 2.05) is 26.0 Å². The van der Waals surface area contributed by atoms with Crippen molar-refractivity contribution < 1.29 is 18.3 Å². The van der Waals surface area contributed by atoms with Crippen LogP contribution in [-0.2, 0) is 6.42 Å². The van der Waals surface area contributed by atoms with Gasteiger partial charge in [0, 0.05) is 31.6 Å². The summed E-state index contributed by atoms with van der Waals surface area (Å²) < 4.78 is 40.2. The summed E-state index contributed by atoms with van der Waals surface area (Å²) in [6, 6.07) is 19.6. The van der Waals surface area contributed by atoms with Gasteiger partial charge in [0.1, 0.15) is 23.1 Å². The molecule has 234 valence electrons. The van der Waals surface area contributed by atoms with Crippen molar-refractivity contribution in [2.75, 3.05) is 26.3 Å². The summed E-state index contributed by atoms with van der Waals surface area (Å²) in [5.74, 6) is 2.78. The van der Waals surface area contributed by atoms with E-state index in [0.717, 1.165) is 43.7 Å². The predicted octanol–water partition coefficient (Wildman–Crippen LogP) is 9.75. The van der Waals surface area contributed by atoms with Crippen LogP contribution in [-0.4, -0.2) is 37.2 Å². The number of nitrogens with zero attached hydrogens (tertiary/aromatic N) is 1. The Hall–Kier alpha value is -2.92. The van der Waals surface area contributed by atoms with Gasteiger partial charge in [0.2, 0.25) is 0 Å². The molecule has 1 aliphatic heterocycles. The predicted molar refractivity (Wildman–Crippen MR) is 173 cm³/mol. The Labute approximate surface area is 258 Å². The molecule has 4 rings (SSSR count). The van der Waals surface area contributed by atoms with Gasteiger partial charge in [-0.2, -0.15) is 0 Å². The molecular weight excluding hydrogens is 540 g/mol. The maximum atomic E-state index is 14.1. The monoisotopic (exact) mass is 591 g/mol. The molecule has 0 amide bonds. The molecule has 5 heteroatoms. The van der Waals surface area contributed by atoms with Gasteiger partial charge in [-0.25, -0.2) is 8.78 Å². The number of benzene rings is 3. The summed E-state index contributed by atoms with van der Waals surface area (Å²) >= 11 is 0. The van der Waals surface area contributed by atoms with Crippen LogP contribution in [0, 0.1) is 23.5 Å². The van der Waals surface area contributed by atoms with Crippen molar-refractivity contribution in [2.24, 2.45) is 11.8 Å². The molecule has 0 saturated carbocycles. The Bertz CT molecular complexity index is 1300. The fourth-order valence-corrected chi connectivity index (χ4v) is 6.25. The molecule has 3 atom stereocenters. The maximum absolute atomic E-state index is 14.1. The van der Waals surface area contributed by atoms with Crippen LogP contribution in [0.25, 0.3) is 0 Å². The lowest BCUT2D eigenvalue weighted by Gasteiger charge is -2.41. The lowest BCUT2D eigenvalue weighted by molar-refractivity contribution is 0.104. The smallest absolute Gasteiger partial charge is 0.127 e. The highest BCUT2D eigenvalue weighted by atomic mass is 19.1. The summed E-state index contributed by atoms with van der Waals surface area (Å²) in [4.78, 5) is 2.61. The van der Waals surface area contributed by atoms with Crippen molar-refractivity contribution in [3.05, 3.63) is 94.6 Å². The minimum absolute atomic E-state index is 0.122. The first kappa shape index (κ1) is 33.0. The fourth-order valence-electron chi connectivity index (χ4n) is 6.25. The van der Waals surface area contributed by atoms with Crippen molar-refractivity contribution in [3.63, 3.8) is 0 Å². The van der Waals surface area contributed by atoms with Crippen LogP contribution < -0.4 is 9.47 Å². The van der Waals surface area contributed by atoms with Gasteiger partial charge >= 0.3 is 0 Å². The zero-order chi connectivity index (χ0) is 31.1. The third-order valence-corrected chi connectivity index (χ3v) is 8.83. The van der Waals surface area contributed by atoms with Crippen LogP contribution in [0.4, 0.5) is 8.78 Å². The van der Waals surface area contributed by atoms with E-state index in [0.29, 0.717) is 48.3 Å². The second-order valence-electron chi connectivity index (χ2n) is 13.6. The zero-order valence-electron chi connectivity index (χ0n) is 27.2. The first-order valence-corrected chi connectivity index (χ1v) is 16.2. The van der Waals surface area contributed by atoms with Crippen molar-refractivity contribution in [1.82, 2.24) is 4.90 Å². The second kappa shape index (κ2) is 15.2. The van der Waals surface area contributed by atoms with Gasteiger partial charge in [-0.1, -0.05) is 58.9 Å². The maximum Gasteiger partial charge on any atom is 0.127 e. The summed E-state index contributed by atoms with van der Waals surface area (Å²) in [6.45, 7) is 18.3. The highest BCUT2D eigenvalue weighted by molar-refractivity contribution is 5.33. The van der Waals surface area contributed by atoms with E-state index in [1.165, 1.54) is 23.3 Å². The Morgan fingerprint density at radius 1 is 0.791 bits per heavy atom. The molecule has 3 aromatic carbocycles. The Morgan fingerprint density at radius 3 is 2.21 bits per heavy atom. The van der Waals surface area contributed by atoms with Gasteiger partial charge in [0.15, 0.2) is 0 Å². The lowest BCUT2D eigenvalue weighted by atomic mass is 9.80. The van der Waals surface area contributed by atoms with Crippen LogP contribution in [0.3, 0.4) is 0 Å². The van der Waals surface area contributed by atoms with Crippen molar-refractivity contribution in [3.8, 4) is 11.5 Å². The molecule has 1 heterocycles. The molecule has 0 aliphatic carbocycles. The number of ether oxygens (including phenoxy) is 2. The van der Waals surface area contributed by atoms with Crippen LogP contribution in [0.15, 0.2) is 60.7 Å². The van der Waals surface area contributed by atoms with E-state index in [2.05, 4.69) is 63.8 Å². The largest absolute Gasteiger partial charge is 0.493 e. The Morgan fingerprint density at radius 2 is 1.53 bits per heavy atom. The minimum Gasteiger partial charge on any atom is -0.493 e. The van der Waals surface area contributed by atoms with E-state index in [9.17, 15) is 8.78 Å². The highest BCUT2D eigenvalue weighted by Crippen LogP contribution is 2.35. The molecule has 0 spiro atoms. The average Bonchev–Trinajstić information content (AvgIpc) is 2.96. The number of likely N-dealkylation sites (tertiary alicyclic amines) is 1. The van der Waals surface area contributed by atoms with E-state index in [1.54, 1.807) is 12.1 Å². The third kappa shape index (κ3) is 9.53. The standard InChI is InChI=1S/C38H51F2NO2/c1-25(2)32-18-34(39)20-36(19-32)43-24-28(7)16-30-17-33(23-41(22-30)27(5)6)31-10-8-29(9-11-31)14-15-42-35-12-13-38(40)37(21-35)26(3)4/h8-13,18-21,25-28,30,33H,14-17,22-24H2,1-7H3. The summed E-state index contributed by atoms with van der Waals surface area (Å²) in [6.07, 6.45) is 3.06. The fraction of sp³-hybridized carbons (Fsp3) is 0.526. The number of halogens is 2. The number of rotatable bonds is 13. The Balaban J connectivity index is 1.32. The van der Waals surface area contributed by atoms with Gasteiger partial charge in [0.05, 0.1) is 13.2 Å². The molecule has 3 aromatic rings. The van der Waals surface area contributed by atoms with Gasteiger partial charge in [0.25, 0.3) is 0 Å². The van der Waals surface area contributed by atoms with Crippen LogP contribution in [0.5, 0.6) is 11.5 Å². The lowest BCUT2D eigenvalue weighted by Crippen LogP contribution is -2.43. The van der Waals surface area contributed by atoms with Crippen LogP contribution in [0.2, 0.25) is 0 Å². The number of hydrogen-bond donors (Lipinski definition) is 0. The van der Waals surface area contributed by atoms with E-state index >= 15 is 0 Å². The van der Waals surface area contributed by atoms with Crippen molar-refractivity contribution >= 4 is 0 Å². The van der Waals surface area contributed by atoms with Crippen LogP contribution >= 0.6 is 0 Å². The zero-order valence-corrected chi connectivity index (χ0v) is 27.2. The Kier molecular flexibility index (Phi) is 11.7. The summed E-state index contributed by atoms with van der Waals surface area (Å²) in [5, 5.41) is 0. The second-order valence-corrected chi connectivity index (χ2v) is 13.6. The van der Waals surface area contributed by atoms with Gasteiger partial charge in [-0.15, -0.1) is 0 Å². The van der Waals surface area contributed by atoms with E-state index < -0.39 is 0 Å². The molecule has 1 aliphatic rings. The molecule has 0 bridgehead atoms. The molecule has 0 aromatic heterocycles. The summed E-state index contributed by atoms with van der Waals surface area (Å²) in [7, 11) is 0. The van der Waals surface area contributed by atoms with Gasteiger partial charge in [-0.05, 0) is 109 Å². The minimum atomic E-state index is -0.233. The molecular formula is C38H51F2NO2.